The average Bonchev–Trinajstić information content (AvgIpc) is 3.41. The van der Waals surface area contributed by atoms with Crippen LogP contribution in [0, 0.1) is 23.3 Å². The predicted molar refractivity (Wildman–Crippen MR) is 400 cm³/mol. The summed E-state index contributed by atoms with van der Waals surface area (Å²) < 4.78 is 85.4. The smallest absolute Gasteiger partial charge is 0.181 e. The first-order valence-corrected chi connectivity index (χ1v) is 46.2. The SMILES string of the molecule is C.CC(C)(C)[S@](N)=O.CC[Si](CC)(CC)c1cc(Br)nc(C(C)=N[S@](=O)C(C)(C)C)c1F.CC[Si](CC)(CC)c1cc(Br)nc(C(C)=O)c1F.CC[Si](CC)(CC)c1cc(Br)ncc1F.CI.CI.Fc1ccc(Br)nc1.ICI. The fourth-order valence-electron chi connectivity index (χ4n) is 7.69. The Balaban J connectivity index is -0.000000299. The molecule has 0 radical (unpaired) electrons. The Bertz CT molecular complexity index is 2440. The molecule has 0 aromatic carbocycles. The van der Waals surface area contributed by atoms with Gasteiger partial charge in [-0.05, 0) is 168 Å². The van der Waals surface area contributed by atoms with Gasteiger partial charge in [-0.1, -0.05) is 215 Å². The van der Waals surface area contributed by atoms with E-state index in [0.29, 0.717) is 19.5 Å². The van der Waals surface area contributed by atoms with Gasteiger partial charge in [-0.2, -0.15) is 4.40 Å². The first kappa shape index (κ1) is 90.2. The molecule has 0 unspecified atom stereocenters. The highest BCUT2D eigenvalue weighted by molar-refractivity contribution is 14.2. The summed E-state index contributed by atoms with van der Waals surface area (Å²) in [5, 5.41) is 7.50. The molecule has 26 heteroatoms. The summed E-state index contributed by atoms with van der Waals surface area (Å²) in [6.07, 6.45) is 2.49. The van der Waals surface area contributed by atoms with Crippen molar-refractivity contribution in [3.8, 4) is 0 Å². The van der Waals surface area contributed by atoms with Crippen molar-refractivity contribution >= 4 is 227 Å². The third-order valence-electron chi connectivity index (χ3n) is 13.2. The number of ketones is 1. The second kappa shape index (κ2) is 46.5. The van der Waals surface area contributed by atoms with Crippen molar-refractivity contribution in [1.29, 1.82) is 0 Å². The van der Waals surface area contributed by atoms with Crippen molar-refractivity contribution in [3.63, 3.8) is 0 Å². The van der Waals surface area contributed by atoms with Gasteiger partial charge in [-0.3, -0.25) is 9.93 Å². The number of nitrogens with zero attached hydrogens (tertiary/aromatic N) is 5. The quantitative estimate of drug-likeness (QED) is 0.0238. The molecule has 2 atom stereocenters. The van der Waals surface area contributed by atoms with Crippen LogP contribution in [0.4, 0.5) is 17.6 Å². The normalized spacial score (nSPS) is 12.0. The number of aromatic nitrogens is 4. The minimum absolute atomic E-state index is 0. The van der Waals surface area contributed by atoms with Gasteiger partial charge in [0.1, 0.15) is 58.2 Å². The number of hydrogen-bond acceptors (Lipinski definition) is 7. The highest BCUT2D eigenvalue weighted by atomic mass is 127. The van der Waals surface area contributed by atoms with Gasteiger partial charge in [-0.25, -0.2) is 45.9 Å². The van der Waals surface area contributed by atoms with Crippen LogP contribution in [0.25, 0.3) is 0 Å². The molecule has 0 bridgehead atoms. The predicted octanol–water partition coefficient (Wildman–Crippen LogP) is 19.5. The van der Waals surface area contributed by atoms with Crippen LogP contribution < -0.4 is 20.7 Å². The molecule has 4 rings (SSSR count). The lowest BCUT2D eigenvalue weighted by atomic mass is 10.2. The third kappa shape index (κ3) is 31.0. The van der Waals surface area contributed by atoms with Crippen molar-refractivity contribution in [2.45, 2.75) is 189 Å². The van der Waals surface area contributed by atoms with E-state index in [-0.39, 0.29) is 46.8 Å². The molecule has 4 aromatic rings. The average molecular weight is 1920 g/mol. The lowest BCUT2D eigenvalue weighted by Crippen LogP contribution is -2.48. The van der Waals surface area contributed by atoms with Crippen LogP contribution in [-0.2, 0) is 22.0 Å². The Kier molecular flexibility index (Phi) is 52.4. The number of halogens is 12. The number of pyridine rings is 4. The van der Waals surface area contributed by atoms with E-state index >= 15 is 4.39 Å². The van der Waals surface area contributed by atoms with E-state index in [1.807, 2.05) is 63.5 Å². The van der Waals surface area contributed by atoms with Crippen molar-refractivity contribution in [2.24, 2.45) is 9.54 Å². The molecule has 0 spiro atoms. The number of rotatable bonds is 15. The summed E-state index contributed by atoms with van der Waals surface area (Å²) in [4.78, 5) is 31.2. The molecule has 9 nitrogen and oxygen atoms in total. The van der Waals surface area contributed by atoms with Gasteiger partial charge >= 0.3 is 0 Å². The molecule has 0 amide bonds. The fourth-order valence-corrected chi connectivity index (χ4v) is 21.3. The molecule has 0 saturated heterocycles. The molecule has 0 aliphatic carbocycles. The topological polar surface area (TPSA) is 141 Å². The van der Waals surface area contributed by atoms with Gasteiger partial charge in [-0.15, -0.1) is 0 Å². The molecule has 0 saturated carbocycles. The van der Waals surface area contributed by atoms with Crippen LogP contribution in [0.3, 0.4) is 0 Å². The van der Waals surface area contributed by atoms with Crippen LogP contribution in [0.2, 0.25) is 54.4 Å². The maximum atomic E-state index is 15.3. The van der Waals surface area contributed by atoms with E-state index in [0.717, 1.165) is 80.8 Å². The Morgan fingerprint density at radius 3 is 1.18 bits per heavy atom. The first-order chi connectivity index (χ1) is 36.7. The Morgan fingerprint density at radius 2 is 0.887 bits per heavy atom. The van der Waals surface area contributed by atoms with Gasteiger partial charge in [0.05, 0.1) is 65.2 Å². The van der Waals surface area contributed by atoms with Crippen LogP contribution in [-0.4, -0.2) is 85.9 Å². The fraction of sp³-hybridized carbons (Fsp3) is 0.593. The summed E-state index contributed by atoms with van der Waals surface area (Å²) in [5.74, 6) is -1.45. The molecular formula is C54H90Br4F4I4N6O3S2Si3. The van der Waals surface area contributed by atoms with Crippen LogP contribution >= 0.6 is 154 Å². The molecule has 4 aromatic heterocycles. The molecule has 0 aliphatic rings. The molecule has 2 N–H and O–H groups in total. The zero-order chi connectivity index (χ0) is 62.9. The van der Waals surface area contributed by atoms with Gasteiger partial charge in [0.15, 0.2) is 11.6 Å². The second-order valence-corrected chi connectivity index (χ2v) is 46.3. The number of Topliss-reactive ketones (excluding diaryl/α,β-unsaturated/α-hetero) is 1. The number of alkyl halides is 4. The summed E-state index contributed by atoms with van der Waals surface area (Å²) in [6.45, 7) is 33.4. The lowest BCUT2D eigenvalue weighted by Gasteiger charge is -2.29. The number of nitrogens with two attached hydrogens (primary N) is 1. The Labute approximate surface area is 577 Å². The highest BCUT2D eigenvalue weighted by Gasteiger charge is 2.36. The summed E-state index contributed by atoms with van der Waals surface area (Å²) in [7, 11) is -7.98. The number of hydrogen-bond donors (Lipinski definition) is 1. The lowest BCUT2D eigenvalue weighted by molar-refractivity contribution is 0.100. The van der Waals surface area contributed by atoms with E-state index in [9.17, 15) is 26.4 Å². The first-order valence-electron chi connectivity index (χ1n) is 25.5. The van der Waals surface area contributed by atoms with Crippen LogP contribution in [0.5, 0.6) is 0 Å². The van der Waals surface area contributed by atoms with Crippen LogP contribution in [0.1, 0.15) is 141 Å². The number of carbonyl (C=O) groups is 1. The molecule has 4 heterocycles. The molecule has 0 fully saturated rings. The molecule has 80 heavy (non-hydrogen) atoms. The zero-order valence-corrected chi connectivity index (χ0v) is 69.1. The van der Waals surface area contributed by atoms with Gasteiger partial charge in [0.25, 0.3) is 0 Å². The van der Waals surface area contributed by atoms with E-state index in [2.05, 4.69) is 241 Å². The Morgan fingerprint density at radius 1 is 0.575 bits per heavy atom. The van der Waals surface area contributed by atoms with E-state index < -0.39 is 56.8 Å². The van der Waals surface area contributed by atoms with Crippen molar-refractivity contribution in [3.05, 3.63) is 95.8 Å². The van der Waals surface area contributed by atoms with E-state index in [1.54, 1.807) is 19.1 Å². The van der Waals surface area contributed by atoms with Crippen molar-refractivity contribution < 1.29 is 30.8 Å². The largest absolute Gasteiger partial charge is 0.293 e. The summed E-state index contributed by atoms with van der Waals surface area (Å²) in [5.41, 5.74) is 0.560. The minimum Gasteiger partial charge on any atom is -0.293 e. The standard InChI is InChI=1S/C17H28BrFN2OSSi.C13H19BrFNOSi.C11H17BrFNSi.C5H3BrFN.C4H11NOS.CH2I2.2CH3I.CH4/c1-8-24(9-2,10-3)13-11-14(18)20-16(15(13)19)12(4)21-23(22)17(5,6)7;1-5-18(6-2,7-3)10-8-11(14)16-13(9(4)17)12(10)15;1-4-15(5-2,6-3)10-7-11(12)14-8-9(10)13;6-5-2-1-4(7)3-8-5;1-4(2,3)7(5)6;2-1-3;2*1-2;/h11H,8-10H2,1-7H3;8H,5-7H2,1-4H3;7-8H,4-6H2,1-3H3;1-3H;5H2,1-3H3;1H2;2*1H3;1H4/t23-;;;;7-;;;;/m1...1..../s1. The molecule has 462 valence electrons. The summed E-state index contributed by atoms with van der Waals surface area (Å²) >= 11 is 21.9. The maximum Gasteiger partial charge on any atom is 0.181 e. The molecular weight excluding hydrogens is 1830 g/mol. The second-order valence-electron chi connectivity index (χ2n) is 19.2. The zero-order valence-electron chi connectivity index (χ0n) is 49.5. The van der Waals surface area contributed by atoms with Gasteiger partial charge in [0.2, 0.25) is 0 Å². The third-order valence-corrected chi connectivity index (χ3v) is 34.3. The van der Waals surface area contributed by atoms with Crippen LogP contribution in [0.15, 0.2) is 65.5 Å². The summed E-state index contributed by atoms with van der Waals surface area (Å²) in [6, 6.07) is 17.5. The molecule has 0 aliphatic heterocycles. The maximum absolute atomic E-state index is 15.3. The Hall–Kier alpha value is 1.41. The van der Waals surface area contributed by atoms with Gasteiger partial charge in [0, 0.05) is 6.92 Å². The van der Waals surface area contributed by atoms with Gasteiger partial charge < -0.3 is 0 Å². The minimum atomic E-state index is -1.90. The van der Waals surface area contributed by atoms with Crippen molar-refractivity contribution in [1.82, 2.24) is 19.9 Å². The highest BCUT2D eigenvalue weighted by Crippen LogP contribution is 2.27. The number of carbonyl (C=O) groups excluding carboxylic acids is 1. The van der Waals surface area contributed by atoms with E-state index in [1.165, 1.54) is 21.6 Å². The van der Waals surface area contributed by atoms with E-state index in [4.69, 9.17) is 5.14 Å². The monoisotopic (exact) mass is 1920 g/mol. The van der Waals surface area contributed by atoms with Crippen molar-refractivity contribution in [2.75, 3.05) is 12.3 Å².